The molecule has 0 bridgehead atoms. The van der Waals surface area contributed by atoms with Crippen LogP contribution in [0.1, 0.15) is 31.4 Å². The largest absolute Gasteiger partial charge is 0.497 e. The Labute approximate surface area is 105 Å². The SMILES string of the molecule is COc1ccc(C(C)NCCCC(F)(F)F)cc1. The molecule has 0 radical (unpaired) electrons. The number of nitrogens with one attached hydrogen (secondary N) is 1. The highest BCUT2D eigenvalue weighted by molar-refractivity contribution is 5.28. The lowest BCUT2D eigenvalue weighted by Crippen LogP contribution is -2.21. The first-order valence-electron chi connectivity index (χ1n) is 5.86. The summed E-state index contributed by atoms with van der Waals surface area (Å²) in [6, 6.07) is 7.51. The van der Waals surface area contributed by atoms with Crippen molar-refractivity contribution in [3.63, 3.8) is 0 Å². The van der Waals surface area contributed by atoms with E-state index in [4.69, 9.17) is 4.74 Å². The molecule has 0 aromatic heterocycles. The smallest absolute Gasteiger partial charge is 0.389 e. The first kappa shape index (κ1) is 14.8. The van der Waals surface area contributed by atoms with E-state index < -0.39 is 12.6 Å². The molecule has 1 N–H and O–H groups in total. The Morgan fingerprint density at radius 2 is 1.83 bits per heavy atom. The van der Waals surface area contributed by atoms with Crippen molar-refractivity contribution in [2.24, 2.45) is 0 Å². The molecule has 1 rings (SSSR count). The normalized spacial score (nSPS) is 13.4. The lowest BCUT2D eigenvalue weighted by Gasteiger charge is -2.15. The molecule has 0 amide bonds. The quantitative estimate of drug-likeness (QED) is 0.788. The van der Waals surface area contributed by atoms with Crippen molar-refractivity contribution in [2.45, 2.75) is 32.0 Å². The Hall–Kier alpha value is -1.23. The summed E-state index contributed by atoms with van der Waals surface area (Å²) >= 11 is 0. The molecule has 2 nitrogen and oxygen atoms in total. The van der Waals surface area contributed by atoms with Crippen LogP contribution in [0.2, 0.25) is 0 Å². The number of benzene rings is 1. The molecule has 1 unspecified atom stereocenters. The zero-order chi connectivity index (χ0) is 13.6. The van der Waals surface area contributed by atoms with Crippen molar-refractivity contribution in [3.05, 3.63) is 29.8 Å². The number of hydrogen-bond acceptors (Lipinski definition) is 2. The van der Waals surface area contributed by atoms with E-state index in [1.54, 1.807) is 7.11 Å². The predicted octanol–water partition coefficient (Wildman–Crippen LogP) is 3.69. The van der Waals surface area contributed by atoms with Crippen LogP contribution in [0.25, 0.3) is 0 Å². The highest BCUT2D eigenvalue weighted by Gasteiger charge is 2.25. The van der Waals surface area contributed by atoms with Crippen molar-refractivity contribution in [1.29, 1.82) is 0 Å². The second kappa shape index (κ2) is 6.64. The van der Waals surface area contributed by atoms with Gasteiger partial charge in [0, 0.05) is 12.5 Å². The summed E-state index contributed by atoms with van der Waals surface area (Å²) in [5, 5.41) is 3.07. The molecule has 0 aliphatic rings. The van der Waals surface area contributed by atoms with Crippen LogP contribution in [0.5, 0.6) is 5.75 Å². The summed E-state index contributed by atoms with van der Waals surface area (Å²) in [7, 11) is 1.59. The number of rotatable bonds is 6. The fourth-order valence-corrected chi connectivity index (χ4v) is 1.62. The maximum atomic E-state index is 11.9. The van der Waals surface area contributed by atoms with Crippen LogP contribution in [0.4, 0.5) is 13.2 Å². The molecule has 0 saturated carbocycles. The second-order valence-corrected chi connectivity index (χ2v) is 4.17. The van der Waals surface area contributed by atoms with Crippen molar-refractivity contribution >= 4 is 0 Å². The van der Waals surface area contributed by atoms with Crippen LogP contribution in [-0.2, 0) is 0 Å². The number of alkyl halides is 3. The van der Waals surface area contributed by atoms with Crippen molar-refractivity contribution in [2.75, 3.05) is 13.7 Å². The fourth-order valence-electron chi connectivity index (χ4n) is 1.62. The molecule has 0 saturated heterocycles. The van der Waals surface area contributed by atoms with Crippen LogP contribution >= 0.6 is 0 Å². The van der Waals surface area contributed by atoms with E-state index in [1.807, 2.05) is 31.2 Å². The first-order valence-corrected chi connectivity index (χ1v) is 5.86. The van der Waals surface area contributed by atoms with Gasteiger partial charge in [-0.2, -0.15) is 13.2 Å². The van der Waals surface area contributed by atoms with Crippen molar-refractivity contribution in [1.82, 2.24) is 5.32 Å². The van der Waals surface area contributed by atoms with Gasteiger partial charge in [-0.15, -0.1) is 0 Å². The van der Waals surface area contributed by atoms with E-state index in [1.165, 1.54) is 0 Å². The maximum Gasteiger partial charge on any atom is 0.389 e. The highest BCUT2D eigenvalue weighted by Crippen LogP contribution is 2.21. The predicted molar refractivity (Wildman–Crippen MR) is 64.7 cm³/mol. The number of halogens is 3. The molecule has 1 aromatic rings. The molecule has 18 heavy (non-hydrogen) atoms. The summed E-state index contributed by atoms with van der Waals surface area (Å²) < 4.78 is 40.9. The average molecular weight is 261 g/mol. The fraction of sp³-hybridized carbons (Fsp3) is 0.538. The van der Waals surface area contributed by atoms with E-state index in [2.05, 4.69) is 5.32 Å². The molecule has 1 aromatic carbocycles. The molecule has 0 heterocycles. The minimum absolute atomic E-state index is 0.0316. The zero-order valence-corrected chi connectivity index (χ0v) is 10.6. The zero-order valence-electron chi connectivity index (χ0n) is 10.6. The lowest BCUT2D eigenvalue weighted by molar-refractivity contribution is -0.135. The molecule has 0 aliphatic heterocycles. The van der Waals surface area contributed by atoms with Gasteiger partial charge in [-0.3, -0.25) is 0 Å². The number of methoxy groups -OCH3 is 1. The topological polar surface area (TPSA) is 21.3 Å². The van der Waals surface area contributed by atoms with Gasteiger partial charge in [0.05, 0.1) is 7.11 Å². The van der Waals surface area contributed by atoms with E-state index in [-0.39, 0.29) is 12.5 Å². The molecular formula is C13H18F3NO. The summed E-state index contributed by atoms with van der Waals surface area (Å²) in [5.41, 5.74) is 1.03. The van der Waals surface area contributed by atoms with Gasteiger partial charge in [0.2, 0.25) is 0 Å². The van der Waals surface area contributed by atoms with Gasteiger partial charge >= 0.3 is 6.18 Å². The Morgan fingerprint density at radius 1 is 1.22 bits per heavy atom. The third kappa shape index (κ3) is 5.40. The summed E-state index contributed by atoms with van der Waals surface area (Å²) in [5.74, 6) is 0.767. The van der Waals surface area contributed by atoms with Gasteiger partial charge in [-0.05, 0) is 37.6 Å². The standard InChI is InChI=1S/C13H18F3NO/c1-10(17-9-3-8-13(14,15)16)11-4-6-12(18-2)7-5-11/h4-7,10,17H,3,8-9H2,1-2H3. The van der Waals surface area contributed by atoms with Crippen LogP contribution in [0.15, 0.2) is 24.3 Å². The summed E-state index contributed by atoms with van der Waals surface area (Å²) in [6.45, 7) is 2.28. The van der Waals surface area contributed by atoms with Crippen molar-refractivity contribution < 1.29 is 17.9 Å². The van der Waals surface area contributed by atoms with E-state index in [9.17, 15) is 13.2 Å². The van der Waals surface area contributed by atoms with E-state index >= 15 is 0 Å². The summed E-state index contributed by atoms with van der Waals surface area (Å²) in [6.07, 6.45) is -4.70. The molecule has 5 heteroatoms. The van der Waals surface area contributed by atoms with Gasteiger partial charge in [-0.25, -0.2) is 0 Å². The van der Waals surface area contributed by atoms with Gasteiger partial charge in [0.1, 0.15) is 5.75 Å². The third-order valence-electron chi connectivity index (χ3n) is 2.70. The monoisotopic (exact) mass is 261 g/mol. The van der Waals surface area contributed by atoms with Gasteiger partial charge < -0.3 is 10.1 Å². The molecule has 0 aliphatic carbocycles. The molecule has 0 fully saturated rings. The molecule has 102 valence electrons. The highest BCUT2D eigenvalue weighted by atomic mass is 19.4. The van der Waals surface area contributed by atoms with Gasteiger partial charge in [-0.1, -0.05) is 12.1 Å². The van der Waals surface area contributed by atoms with Crippen LogP contribution in [0, 0.1) is 0 Å². The van der Waals surface area contributed by atoms with Crippen LogP contribution in [-0.4, -0.2) is 19.8 Å². The van der Waals surface area contributed by atoms with E-state index in [0.717, 1.165) is 11.3 Å². The molecule has 0 spiro atoms. The van der Waals surface area contributed by atoms with Gasteiger partial charge in [0.25, 0.3) is 0 Å². The Kier molecular flexibility index (Phi) is 5.47. The Balaban J connectivity index is 2.33. The Morgan fingerprint density at radius 3 is 2.33 bits per heavy atom. The first-order chi connectivity index (χ1) is 8.42. The minimum atomic E-state index is -4.06. The lowest BCUT2D eigenvalue weighted by atomic mass is 10.1. The van der Waals surface area contributed by atoms with Crippen LogP contribution < -0.4 is 10.1 Å². The third-order valence-corrected chi connectivity index (χ3v) is 2.70. The second-order valence-electron chi connectivity index (χ2n) is 4.17. The van der Waals surface area contributed by atoms with Gasteiger partial charge in [0.15, 0.2) is 0 Å². The average Bonchev–Trinajstić information content (AvgIpc) is 2.33. The molecular weight excluding hydrogens is 243 g/mol. The Bertz CT molecular complexity index is 348. The van der Waals surface area contributed by atoms with E-state index in [0.29, 0.717) is 6.54 Å². The van der Waals surface area contributed by atoms with Crippen LogP contribution in [0.3, 0.4) is 0 Å². The maximum absolute atomic E-state index is 11.9. The molecule has 1 atom stereocenters. The minimum Gasteiger partial charge on any atom is -0.497 e. The van der Waals surface area contributed by atoms with Crippen molar-refractivity contribution in [3.8, 4) is 5.75 Å². The number of ether oxygens (including phenoxy) is 1. The summed E-state index contributed by atoms with van der Waals surface area (Å²) in [4.78, 5) is 0. The number of hydrogen-bond donors (Lipinski definition) is 1.